The van der Waals surface area contributed by atoms with E-state index >= 15 is 0 Å². The van der Waals surface area contributed by atoms with Crippen LogP contribution in [0.3, 0.4) is 0 Å². The molecule has 1 aliphatic rings. The van der Waals surface area contributed by atoms with Crippen LogP contribution in [0.2, 0.25) is 0 Å². The molecule has 0 radical (unpaired) electrons. The van der Waals surface area contributed by atoms with Crippen LogP contribution in [0.5, 0.6) is 0 Å². The second kappa shape index (κ2) is 4.42. The van der Waals surface area contributed by atoms with Crippen molar-refractivity contribution in [1.82, 2.24) is 5.32 Å². The zero-order valence-corrected chi connectivity index (χ0v) is 7.25. The highest BCUT2D eigenvalue weighted by Crippen LogP contribution is 2.19. The van der Waals surface area contributed by atoms with Crippen molar-refractivity contribution in [2.45, 2.75) is 31.3 Å². The lowest BCUT2D eigenvalue weighted by Crippen LogP contribution is -2.36. The van der Waals surface area contributed by atoms with Crippen LogP contribution in [0.25, 0.3) is 0 Å². The zero-order valence-electron chi connectivity index (χ0n) is 7.25. The van der Waals surface area contributed by atoms with Crippen LogP contribution in [-0.4, -0.2) is 36.9 Å². The third kappa shape index (κ3) is 3.19. The van der Waals surface area contributed by atoms with E-state index in [2.05, 4.69) is 10.1 Å². The number of hydrogen-bond acceptors (Lipinski definition) is 4. The lowest BCUT2D eigenvalue weighted by Gasteiger charge is -2.13. The van der Waals surface area contributed by atoms with E-state index in [-0.39, 0.29) is 25.0 Å². The standard InChI is InChI=1S/C8H15NO3/c1-12-8(11)4-7(5-10)9-6-2-3-6/h6-7,9-10H,2-5H2,1H3. The molecule has 0 aliphatic heterocycles. The number of hydrogen-bond donors (Lipinski definition) is 2. The summed E-state index contributed by atoms with van der Waals surface area (Å²) in [7, 11) is 1.36. The van der Waals surface area contributed by atoms with Crippen LogP contribution in [0.15, 0.2) is 0 Å². The van der Waals surface area contributed by atoms with Gasteiger partial charge in [-0.2, -0.15) is 0 Å². The van der Waals surface area contributed by atoms with Gasteiger partial charge in [-0.15, -0.1) is 0 Å². The van der Waals surface area contributed by atoms with Crippen LogP contribution in [-0.2, 0) is 9.53 Å². The Morgan fingerprint density at radius 1 is 1.75 bits per heavy atom. The van der Waals surface area contributed by atoms with E-state index in [0.29, 0.717) is 6.04 Å². The SMILES string of the molecule is COC(=O)CC(CO)NC1CC1. The third-order valence-electron chi connectivity index (χ3n) is 1.91. The number of carbonyl (C=O) groups is 1. The van der Waals surface area contributed by atoms with E-state index in [9.17, 15) is 4.79 Å². The molecule has 0 spiro atoms. The van der Waals surface area contributed by atoms with Gasteiger partial charge in [0.2, 0.25) is 0 Å². The first-order chi connectivity index (χ1) is 5.76. The van der Waals surface area contributed by atoms with Crippen molar-refractivity contribution in [3.8, 4) is 0 Å². The van der Waals surface area contributed by atoms with Crippen molar-refractivity contribution in [3.63, 3.8) is 0 Å². The van der Waals surface area contributed by atoms with Crippen LogP contribution in [0, 0.1) is 0 Å². The predicted molar refractivity (Wildman–Crippen MR) is 43.7 cm³/mol. The maximum atomic E-state index is 10.8. The molecule has 0 bridgehead atoms. The Morgan fingerprint density at radius 2 is 2.42 bits per heavy atom. The van der Waals surface area contributed by atoms with Gasteiger partial charge in [0.15, 0.2) is 0 Å². The smallest absolute Gasteiger partial charge is 0.307 e. The predicted octanol–water partition coefficient (Wildman–Crippen LogP) is -0.338. The number of methoxy groups -OCH3 is 1. The Kier molecular flexibility index (Phi) is 3.49. The molecule has 1 rings (SSSR count). The molecule has 12 heavy (non-hydrogen) atoms. The maximum Gasteiger partial charge on any atom is 0.307 e. The molecule has 0 aromatic heterocycles. The number of esters is 1. The summed E-state index contributed by atoms with van der Waals surface area (Å²) < 4.78 is 4.49. The van der Waals surface area contributed by atoms with Gasteiger partial charge < -0.3 is 15.2 Å². The number of aliphatic hydroxyl groups is 1. The van der Waals surface area contributed by atoms with Crippen molar-refractivity contribution < 1.29 is 14.6 Å². The van der Waals surface area contributed by atoms with Crippen molar-refractivity contribution in [2.24, 2.45) is 0 Å². The Hall–Kier alpha value is -0.610. The lowest BCUT2D eigenvalue weighted by atomic mass is 10.2. The highest BCUT2D eigenvalue weighted by molar-refractivity contribution is 5.69. The van der Waals surface area contributed by atoms with Crippen molar-refractivity contribution in [1.29, 1.82) is 0 Å². The van der Waals surface area contributed by atoms with Gasteiger partial charge in [-0.1, -0.05) is 0 Å². The van der Waals surface area contributed by atoms with Gasteiger partial charge in [-0.3, -0.25) is 4.79 Å². The summed E-state index contributed by atoms with van der Waals surface area (Å²) in [5.41, 5.74) is 0. The molecule has 2 N–H and O–H groups in total. The fourth-order valence-electron chi connectivity index (χ4n) is 1.04. The first-order valence-corrected chi connectivity index (χ1v) is 4.20. The minimum atomic E-state index is -0.276. The number of rotatable bonds is 5. The third-order valence-corrected chi connectivity index (χ3v) is 1.91. The highest BCUT2D eigenvalue weighted by atomic mass is 16.5. The largest absolute Gasteiger partial charge is 0.469 e. The van der Waals surface area contributed by atoms with Gasteiger partial charge >= 0.3 is 5.97 Å². The van der Waals surface area contributed by atoms with E-state index in [4.69, 9.17) is 5.11 Å². The van der Waals surface area contributed by atoms with E-state index in [1.807, 2.05) is 0 Å². The van der Waals surface area contributed by atoms with Crippen LogP contribution >= 0.6 is 0 Å². The monoisotopic (exact) mass is 173 g/mol. The number of carbonyl (C=O) groups excluding carboxylic acids is 1. The Bertz CT molecular complexity index is 156. The minimum Gasteiger partial charge on any atom is -0.469 e. The average molecular weight is 173 g/mol. The Balaban J connectivity index is 2.18. The first kappa shape index (κ1) is 9.48. The topological polar surface area (TPSA) is 58.6 Å². The molecule has 1 unspecified atom stereocenters. The summed E-state index contributed by atoms with van der Waals surface area (Å²) in [5.74, 6) is -0.276. The molecule has 0 heterocycles. The van der Waals surface area contributed by atoms with Crippen molar-refractivity contribution >= 4 is 5.97 Å². The lowest BCUT2D eigenvalue weighted by molar-refractivity contribution is -0.141. The second-order valence-electron chi connectivity index (χ2n) is 3.10. The number of ether oxygens (including phenoxy) is 1. The van der Waals surface area contributed by atoms with Gasteiger partial charge in [-0.05, 0) is 12.8 Å². The molecule has 4 heteroatoms. The Labute approximate surface area is 71.9 Å². The molecule has 1 saturated carbocycles. The van der Waals surface area contributed by atoms with Gasteiger partial charge in [0, 0.05) is 12.1 Å². The van der Waals surface area contributed by atoms with Crippen LogP contribution < -0.4 is 5.32 Å². The van der Waals surface area contributed by atoms with Gasteiger partial charge in [0.1, 0.15) is 0 Å². The summed E-state index contributed by atoms with van der Waals surface area (Å²) in [6.45, 7) is -0.00833. The number of aliphatic hydroxyl groups excluding tert-OH is 1. The van der Waals surface area contributed by atoms with E-state index in [0.717, 1.165) is 12.8 Å². The van der Waals surface area contributed by atoms with Gasteiger partial charge in [0.25, 0.3) is 0 Å². The van der Waals surface area contributed by atoms with Crippen molar-refractivity contribution in [2.75, 3.05) is 13.7 Å². The number of nitrogens with one attached hydrogen (secondary N) is 1. The molecule has 70 valence electrons. The summed E-state index contributed by atoms with van der Waals surface area (Å²) in [4.78, 5) is 10.8. The van der Waals surface area contributed by atoms with Crippen LogP contribution in [0.4, 0.5) is 0 Å². The molecular weight excluding hydrogens is 158 g/mol. The molecule has 0 aromatic rings. The summed E-state index contributed by atoms with van der Waals surface area (Å²) >= 11 is 0. The molecule has 1 atom stereocenters. The first-order valence-electron chi connectivity index (χ1n) is 4.20. The quantitative estimate of drug-likeness (QED) is 0.558. The zero-order chi connectivity index (χ0) is 8.97. The summed E-state index contributed by atoms with van der Waals surface area (Å²) in [5, 5.41) is 12.0. The molecule has 4 nitrogen and oxygen atoms in total. The second-order valence-corrected chi connectivity index (χ2v) is 3.10. The maximum absolute atomic E-state index is 10.8. The van der Waals surface area contributed by atoms with E-state index in [1.165, 1.54) is 7.11 Å². The van der Waals surface area contributed by atoms with E-state index in [1.54, 1.807) is 0 Å². The van der Waals surface area contributed by atoms with Gasteiger partial charge in [-0.25, -0.2) is 0 Å². The molecule has 0 amide bonds. The average Bonchev–Trinajstić information content (AvgIpc) is 2.86. The normalized spacial score (nSPS) is 18.8. The Morgan fingerprint density at radius 3 is 2.83 bits per heavy atom. The molecular formula is C8H15NO3. The molecule has 1 aliphatic carbocycles. The molecule has 0 aromatic carbocycles. The summed E-state index contributed by atoms with van der Waals surface area (Å²) in [6.07, 6.45) is 2.55. The fourth-order valence-corrected chi connectivity index (χ4v) is 1.04. The van der Waals surface area contributed by atoms with Gasteiger partial charge in [0.05, 0.1) is 20.1 Å². The molecule has 0 saturated heterocycles. The van der Waals surface area contributed by atoms with Crippen molar-refractivity contribution in [3.05, 3.63) is 0 Å². The highest BCUT2D eigenvalue weighted by Gasteiger charge is 2.25. The molecule has 1 fully saturated rings. The minimum absolute atomic E-state index is 0.00833. The van der Waals surface area contributed by atoms with Crippen LogP contribution in [0.1, 0.15) is 19.3 Å². The van der Waals surface area contributed by atoms with E-state index < -0.39 is 0 Å². The summed E-state index contributed by atoms with van der Waals surface area (Å²) in [6, 6.07) is 0.372. The fraction of sp³-hybridized carbons (Fsp3) is 0.875.